The lowest BCUT2D eigenvalue weighted by atomic mass is 10.1. The molecule has 0 bridgehead atoms. The second kappa shape index (κ2) is 3.91. The van der Waals surface area contributed by atoms with Crippen molar-refractivity contribution in [2.75, 3.05) is 0 Å². The van der Waals surface area contributed by atoms with E-state index in [9.17, 15) is 0 Å². The van der Waals surface area contributed by atoms with Gasteiger partial charge < -0.3 is 0 Å². The molecule has 0 fully saturated rings. The zero-order valence-corrected chi connectivity index (χ0v) is 6.77. The van der Waals surface area contributed by atoms with Crippen LogP contribution in [0.3, 0.4) is 0 Å². The zero-order valence-electron chi connectivity index (χ0n) is 5.19. The molecule has 0 spiro atoms. The van der Waals surface area contributed by atoms with E-state index < -0.39 is 0 Å². The quantitative estimate of drug-likeness (QED) is 0.592. The normalized spacial score (nSPS) is 13.4. The number of rotatable bonds is 2. The van der Waals surface area contributed by atoms with E-state index in [1.165, 1.54) is 0 Å². The Hall–Kier alpha value is -0.0300. The van der Waals surface area contributed by atoms with Gasteiger partial charge >= 0.3 is 0 Å². The summed E-state index contributed by atoms with van der Waals surface area (Å²) in [7, 11) is 0. The average molecular weight is 176 g/mol. The van der Waals surface area contributed by atoms with Gasteiger partial charge in [0.1, 0.15) is 4.83 Å². The molecule has 1 atom stereocenters. The van der Waals surface area contributed by atoms with Gasteiger partial charge in [0.15, 0.2) is 0 Å². The van der Waals surface area contributed by atoms with E-state index in [0.717, 1.165) is 6.42 Å². The second-order valence-corrected chi connectivity index (χ2v) is 3.33. The maximum atomic E-state index is 8.29. The fraction of sp³-hybridized carbons (Fsp3) is 0.833. The number of nitrogens with zero attached hydrogens (tertiary/aromatic N) is 1. The van der Waals surface area contributed by atoms with Gasteiger partial charge in [-0.2, -0.15) is 5.26 Å². The number of nitriles is 1. The van der Waals surface area contributed by atoms with Crippen LogP contribution >= 0.6 is 15.9 Å². The summed E-state index contributed by atoms with van der Waals surface area (Å²) in [5.41, 5.74) is 0. The highest BCUT2D eigenvalue weighted by molar-refractivity contribution is 9.09. The lowest BCUT2D eigenvalue weighted by Gasteiger charge is -2.01. The van der Waals surface area contributed by atoms with Crippen molar-refractivity contribution in [2.24, 2.45) is 5.92 Å². The molecular formula is C6H10BrN. The summed E-state index contributed by atoms with van der Waals surface area (Å²) in [6.07, 6.45) is 0.941. The molecule has 2 heteroatoms. The maximum Gasteiger partial charge on any atom is 0.102 e. The van der Waals surface area contributed by atoms with Gasteiger partial charge in [0, 0.05) is 0 Å². The molecule has 0 aliphatic rings. The Morgan fingerprint density at radius 3 is 2.25 bits per heavy atom. The van der Waals surface area contributed by atoms with Crippen molar-refractivity contribution in [1.82, 2.24) is 0 Å². The summed E-state index contributed by atoms with van der Waals surface area (Å²) in [5, 5.41) is 8.29. The van der Waals surface area contributed by atoms with E-state index in [4.69, 9.17) is 5.26 Å². The molecule has 0 aromatic heterocycles. The third-order valence-electron chi connectivity index (χ3n) is 0.818. The predicted molar refractivity (Wildman–Crippen MR) is 37.8 cm³/mol. The number of alkyl halides is 1. The van der Waals surface area contributed by atoms with E-state index in [-0.39, 0.29) is 4.83 Å². The predicted octanol–water partition coefficient (Wildman–Crippen LogP) is 2.32. The number of halogens is 1. The van der Waals surface area contributed by atoms with Crippen molar-refractivity contribution in [3.63, 3.8) is 0 Å². The Kier molecular flexibility index (Phi) is 3.90. The van der Waals surface area contributed by atoms with Crippen LogP contribution < -0.4 is 0 Å². The molecule has 0 radical (unpaired) electrons. The van der Waals surface area contributed by atoms with Gasteiger partial charge in [-0.25, -0.2) is 0 Å². The first-order valence-electron chi connectivity index (χ1n) is 2.70. The molecule has 0 aliphatic carbocycles. The minimum atomic E-state index is 0.0440. The fourth-order valence-corrected chi connectivity index (χ4v) is 1.21. The molecular weight excluding hydrogens is 166 g/mol. The summed E-state index contributed by atoms with van der Waals surface area (Å²) in [4.78, 5) is 0.0440. The molecule has 0 rings (SSSR count). The van der Waals surface area contributed by atoms with Gasteiger partial charge in [-0.15, -0.1) is 0 Å². The van der Waals surface area contributed by atoms with Crippen molar-refractivity contribution in [1.29, 1.82) is 5.26 Å². The summed E-state index contributed by atoms with van der Waals surface area (Å²) < 4.78 is 0. The summed E-state index contributed by atoms with van der Waals surface area (Å²) in [5.74, 6) is 0.610. The standard InChI is InChI=1S/C6H10BrN/c1-5(2)3-6(7)4-8/h5-6H,3H2,1-2H3/t6-/m0/s1. The zero-order chi connectivity index (χ0) is 6.57. The molecule has 1 nitrogen and oxygen atoms in total. The van der Waals surface area contributed by atoms with Crippen LogP contribution in [0.5, 0.6) is 0 Å². The van der Waals surface area contributed by atoms with Crippen LogP contribution in [0.15, 0.2) is 0 Å². The van der Waals surface area contributed by atoms with Crippen molar-refractivity contribution >= 4 is 15.9 Å². The molecule has 0 aliphatic heterocycles. The Bertz CT molecular complexity index is 93.2. The van der Waals surface area contributed by atoms with E-state index in [1.54, 1.807) is 0 Å². The minimum absolute atomic E-state index is 0.0440. The molecule has 46 valence electrons. The Morgan fingerprint density at radius 1 is 1.62 bits per heavy atom. The summed E-state index contributed by atoms with van der Waals surface area (Å²) in [6, 6.07) is 2.11. The first-order valence-corrected chi connectivity index (χ1v) is 3.62. The van der Waals surface area contributed by atoms with Crippen LogP contribution in [-0.4, -0.2) is 4.83 Å². The highest BCUT2D eigenvalue weighted by Gasteiger charge is 2.02. The van der Waals surface area contributed by atoms with Gasteiger partial charge in [-0.1, -0.05) is 29.8 Å². The molecule has 0 amide bonds. The van der Waals surface area contributed by atoms with E-state index in [2.05, 4.69) is 35.8 Å². The third-order valence-corrected chi connectivity index (χ3v) is 1.40. The second-order valence-electron chi connectivity index (χ2n) is 2.23. The molecule has 0 aromatic carbocycles. The van der Waals surface area contributed by atoms with E-state index >= 15 is 0 Å². The molecule has 0 unspecified atom stereocenters. The molecule has 0 saturated heterocycles. The highest BCUT2D eigenvalue weighted by Crippen LogP contribution is 2.10. The monoisotopic (exact) mass is 175 g/mol. The Morgan fingerprint density at radius 2 is 2.12 bits per heavy atom. The van der Waals surface area contributed by atoms with Crippen LogP contribution in [0.4, 0.5) is 0 Å². The van der Waals surface area contributed by atoms with Crippen LogP contribution in [0.1, 0.15) is 20.3 Å². The van der Waals surface area contributed by atoms with Gasteiger partial charge in [-0.3, -0.25) is 0 Å². The maximum absolute atomic E-state index is 8.29. The number of hydrogen-bond acceptors (Lipinski definition) is 1. The van der Waals surface area contributed by atoms with Gasteiger partial charge in [-0.05, 0) is 12.3 Å². The molecule has 0 N–H and O–H groups in total. The van der Waals surface area contributed by atoms with Crippen molar-refractivity contribution in [3.05, 3.63) is 0 Å². The lowest BCUT2D eigenvalue weighted by Crippen LogP contribution is -1.98. The fourth-order valence-electron chi connectivity index (χ4n) is 0.467. The lowest BCUT2D eigenvalue weighted by molar-refractivity contribution is 0.608. The first-order chi connectivity index (χ1) is 3.66. The Labute approximate surface area is 58.8 Å². The Balaban J connectivity index is 3.28. The van der Waals surface area contributed by atoms with Gasteiger partial charge in [0.05, 0.1) is 6.07 Å². The average Bonchev–Trinajstić information content (AvgIpc) is 1.65. The van der Waals surface area contributed by atoms with Crippen LogP contribution in [0.25, 0.3) is 0 Å². The van der Waals surface area contributed by atoms with Crippen molar-refractivity contribution in [2.45, 2.75) is 25.1 Å². The summed E-state index contributed by atoms with van der Waals surface area (Å²) >= 11 is 3.22. The van der Waals surface area contributed by atoms with Crippen LogP contribution in [-0.2, 0) is 0 Å². The largest absolute Gasteiger partial charge is 0.197 e. The smallest absolute Gasteiger partial charge is 0.102 e. The van der Waals surface area contributed by atoms with E-state index in [0.29, 0.717) is 5.92 Å². The first kappa shape index (κ1) is 7.97. The minimum Gasteiger partial charge on any atom is -0.197 e. The van der Waals surface area contributed by atoms with Gasteiger partial charge in [0.25, 0.3) is 0 Å². The molecule has 0 saturated carbocycles. The summed E-state index contributed by atoms with van der Waals surface area (Å²) in [6.45, 7) is 4.21. The van der Waals surface area contributed by atoms with Crippen molar-refractivity contribution in [3.8, 4) is 6.07 Å². The SMILES string of the molecule is CC(C)C[C@H](Br)C#N. The van der Waals surface area contributed by atoms with Gasteiger partial charge in [0.2, 0.25) is 0 Å². The third kappa shape index (κ3) is 4.14. The van der Waals surface area contributed by atoms with Crippen LogP contribution in [0.2, 0.25) is 0 Å². The molecule has 0 aromatic rings. The highest BCUT2D eigenvalue weighted by atomic mass is 79.9. The van der Waals surface area contributed by atoms with Crippen molar-refractivity contribution < 1.29 is 0 Å². The van der Waals surface area contributed by atoms with E-state index in [1.807, 2.05) is 0 Å². The van der Waals surface area contributed by atoms with Crippen LogP contribution in [0, 0.1) is 17.2 Å². The topological polar surface area (TPSA) is 23.8 Å². The molecule has 0 heterocycles. The number of hydrogen-bond donors (Lipinski definition) is 0. The molecule has 8 heavy (non-hydrogen) atoms.